The maximum atomic E-state index is 14.5. The molecule has 1 heterocycles. The Labute approximate surface area is 161 Å². The highest BCUT2D eigenvalue weighted by atomic mass is 32.2. The van der Waals surface area contributed by atoms with Crippen LogP contribution in [-0.2, 0) is 4.79 Å². The molecule has 0 radical (unpaired) electrons. The Hall–Kier alpha value is -2.15. The third-order valence-electron chi connectivity index (χ3n) is 4.44. The van der Waals surface area contributed by atoms with Gasteiger partial charge in [0.15, 0.2) is 0 Å². The molecular weight excluding hydrogens is 372 g/mol. The van der Waals surface area contributed by atoms with Gasteiger partial charge in [-0.15, -0.1) is 11.8 Å². The van der Waals surface area contributed by atoms with Crippen LogP contribution in [0.2, 0.25) is 0 Å². The van der Waals surface area contributed by atoms with Crippen LogP contribution in [0.1, 0.15) is 38.5 Å². The predicted molar refractivity (Wildman–Crippen MR) is 100 cm³/mol. The van der Waals surface area contributed by atoms with E-state index < -0.39 is 17.6 Å². The zero-order chi connectivity index (χ0) is 19.2. The lowest BCUT2D eigenvalue weighted by Crippen LogP contribution is -2.12. The normalized spacial score (nSPS) is 14.4. The lowest BCUT2D eigenvalue weighted by Gasteiger charge is -2.16. The molecule has 1 saturated carbocycles. The fourth-order valence-corrected chi connectivity index (χ4v) is 4.01. The van der Waals surface area contributed by atoms with Gasteiger partial charge in [-0.25, -0.2) is 13.8 Å². The number of carboxylic acids is 1. The van der Waals surface area contributed by atoms with Crippen molar-refractivity contribution in [2.45, 2.75) is 49.5 Å². The Balaban J connectivity index is 1.78. The van der Waals surface area contributed by atoms with E-state index in [-0.39, 0.29) is 17.4 Å². The molecule has 27 heavy (non-hydrogen) atoms. The smallest absolute Gasteiger partial charge is 0.303 e. The zero-order valence-corrected chi connectivity index (χ0v) is 15.6. The Morgan fingerprint density at radius 1 is 1.26 bits per heavy atom. The molecule has 0 bridgehead atoms. The zero-order valence-electron chi connectivity index (χ0n) is 14.8. The van der Waals surface area contributed by atoms with Gasteiger partial charge < -0.3 is 9.84 Å². The number of carbonyl (C=O) groups is 1. The van der Waals surface area contributed by atoms with E-state index in [1.807, 2.05) is 0 Å². The molecule has 0 aliphatic heterocycles. The molecule has 144 valence electrons. The van der Waals surface area contributed by atoms with Crippen LogP contribution >= 0.6 is 11.8 Å². The van der Waals surface area contributed by atoms with Gasteiger partial charge in [0.2, 0.25) is 5.88 Å². The number of halogens is 2. The van der Waals surface area contributed by atoms with E-state index in [0.717, 1.165) is 37.4 Å². The number of thioether (sulfide) groups is 1. The minimum atomic E-state index is -0.918. The number of nitrogens with zero attached hydrogens (tertiary/aromatic N) is 1. The number of pyridine rings is 1. The second-order valence-electron chi connectivity index (χ2n) is 6.50. The van der Waals surface area contributed by atoms with E-state index in [9.17, 15) is 13.6 Å². The number of hydrogen-bond donors (Lipinski definition) is 1. The molecule has 1 N–H and O–H groups in total. The summed E-state index contributed by atoms with van der Waals surface area (Å²) in [6.07, 6.45) is 6.18. The predicted octanol–water partition coefficient (Wildman–Crippen LogP) is 5.31. The van der Waals surface area contributed by atoms with Gasteiger partial charge in [0.25, 0.3) is 0 Å². The van der Waals surface area contributed by atoms with Gasteiger partial charge in [-0.05, 0) is 67.7 Å². The van der Waals surface area contributed by atoms with Crippen molar-refractivity contribution in [3.8, 4) is 17.0 Å². The van der Waals surface area contributed by atoms with Gasteiger partial charge in [0.05, 0.1) is 4.90 Å². The SMILES string of the molecule is O=C(O)CCCSc1c(F)cc(-c2cccnc2OC2CCCC2)cc1F. The summed E-state index contributed by atoms with van der Waals surface area (Å²) in [4.78, 5) is 14.7. The molecule has 3 rings (SSSR count). The van der Waals surface area contributed by atoms with Crippen molar-refractivity contribution >= 4 is 17.7 Å². The van der Waals surface area contributed by atoms with Crippen LogP contribution in [0.25, 0.3) is 11.1 Å². The topological polar surface area (TPSA) is 59.4 Å². The summed E-state index contributed by atoms with van der Waals surface area (Å²) in [7, 11) is 0. The summed E-state index contributed by atoms with van der Waals surface area (Å²) in [6.45, 7) is 0. The van der Waals surface area contributed by atoms with Crippen LogP contribution in [0.4, 0.5) is 8.78 Å². The molecule has 0 atom stereocenters. The summed E-state index contributed by atoms with van der Waals surface area (Å²) >= 11 is 0.990. The molecule has 0 saturated heterocycles. The van der Waals surface area contributed by atoms with E-state index in [2.05, 4.69) is 4.98 Å². The number of ether oxygens (including phenoxy) is 1. The maximum Gasteiger partial charge on any atom is 0.303 e. The number of aromatic nitrogens is 1. The van der Waals surface area contributed by atoms with Crippen molar-refractivity contribution in [3.63, 3.8) is 0 Å². The molecule has 0 amide bonds. The van der Waals surface area contributed by atoms with Crippen molar-refractivity contribution in [2.75, 3.05) is 5.75 Å². The number of hydrogen-bond acceptors (Lipinski definition) is 4. The first-order chi connectivity index (χ1) is 13.0. The number of benzene rings is 1. The fraction of sp³-hybridized carbons (Fsp3) is 0.400. The van der Waals surface area contributed by atoms with Crippen LogP contribution < -0.4 is 4.74 Å². The largest absolute Gasteiger partial charge is 0.481 e. The van der Waals surface area contributed by atoms with Gasteiger partial charge in [-0.1, -0.05) is 0 Å². The molecule has 1 aromatic heterocycles. The first-order valence-electron chi connectivity index (χ1n) is 9.00. The van der Waals surface area contributed by atoms with Crippen LogP contribution in [0, 0.1) is 11.6 Å². The molecule has 7 heteroatoms. The maximum absolute atomic E-state index is 14.5. The molecule has 1 fully saturated rings. The summed E-state index contributed by atoms with van der Waals surface area (Å²) in [6, 6.07) is 6.01. The summed E-state index contributed by atoms with van der Waals surface area (Å²) in [5, 5.41) is 8.64. The van der Waals surface area contributed by atoms with Crippen LogP contribution in [-0.4, -0.2) is 27.9 Å². The first kappa shape index (κ1) is 19.6. The van der Waals surface area contributed by atoms with Gasteiger partial charge in [-0.2, -0.15) is 0 Å². The third kappa shape index (κ3) is 5.19. The average molecular weight is 393 g/mol. The van der Waals surface area contributed by atoms with E-state index in [4.69, 9.17) is 9.84 Å². The molecule has 0 spiro atoms. The highest BCUT2D eigenvalue weighted by Crippen LogP contribution is 2.35. The Kier molecular flexibility index (Phi) is 6.66. The monoisotopic (exact) mass is 393 g/mol. The van der Waals surface area contributed by atoms with Gasteiger partial charge in [0, 0.05) is 18.2 Å². The van der Waals surface area contributed by atoms with Crippen molar-refractivity contribution in [2.24, 2.45) is 0 Å². The second kappa shape index (κ2) is 9.17. The third-order valence-corrected chi connectivity index (χ3v) is 5.61. The molecule has 2 aromatic rings. The van der Waals surface area contributed by atoms with Gasteiger partial charge in [-0.3, -0.25) is 4.79 Å². The van der Waals surface area contributed by atoms with E-state index in [1.165, 1.54) is 12.1 Å². The molecule has 1 aliphatic carbocycles. The first-order valence-corrected chi connectivity index (χ1v) is 9.99. The summed E-state index contributed by atoms with van der Waals surface area (Å²) < 4.78 is 34.9. The molecule has 1 aromatic carbocycles. The number of carboxylic acid groups (broad SMARTS) is 1. The van der Waals surface area contributed by atoms with Crippen molar-refractivity contribution in [3.05, 3.63) is 42.1 Å². The molecule has 1 aliphatic rings. The highest BCUT2D eigenvalue weighted by Gasteiger charge is 2.20. The van der Waals surface area contributed by atoms with Crippen molar-refractivity contribution in [1.29, 1.82) is 0 Å². The second-order valence-corrected chi connectivity index (χ2v) is 7.60. The minimum absolute atomic E-state index is 0.0220. The minimum Gasteiger partial charge on any atom is -0.481 e. The van der Waals surface area contributed by atoms with E-state index in [0.29, 0.717) is 29.2 Å². The Bertz CT molecular complexity index is 787. The molecule has 0 unspecified atom stereocenters. The number of aliphatic carboxylic acids is 1. The van der Waals surface area contributed by atoms with Gasteiger partial charge in [0.1, 0.15) is 17.7 Å². The summed E-state index contributed by atoms with van der Waals surface area (Å²) in [5.74, 6) is -1.52. The highest BCUT2D eigenvalue weighted by molar-refractivity contribution is 7.99. The quantitative estimate of drug-likeness (QED) is 0.487. The number of rotatable bonds is 8. The molecular formula is C20H21F2NO3S. The van der Waals surface area contributed by atoms with Crippen LogP contribution in [0.3, 0.4) is 0 Å². The Morgan fingerprint density at radius 2 is 1.96 bits per heavy atom. The van der Waals surface area contributed by atoms with Crippen LogP contribution in [0.15, 0.2) is 35.4 Å². The van der Waals surface area contributed by atoms with Crippen LogP contribution in [0.5, 0.6) is 5.88 Å². The van der Waals surface area contributed by atoms with Crippen molar-refractivity contribution < 1.29 is 23.4 Å². The fourth-order valence-electron chi connectivity index (χ4n) is 3.12. The molecule has 4 nitrogen and oxygen atoms in total. The average Bonchev–Trinajstić information content (AvgIpc) is 3.13. The lowest BCUT2D eigenvalue weighted by molar-refractivity contribution is -0.137. The standard InChI is InChI=1S/C20H21F2NO3S/c21-16-11-13(12-17(22)19(16)27-10-4-8-18(24)25)15-7-3-9-23-20(15)26-14-5-1-2-6-14/h3,7,9,11-12,14H,1-2,4-6,8,10H2,(H,24,25). The van der Waals surface area contributed by atoms with E-state index in [1.54, 1.807) is 18.3 Å². The lowest BCUT2D eigenvalue weighted by atomic mass is 10.1. The van der Waals surface area contributed by atoms with Crippen molar-refractivity contribution in [1.82, 2.24) is 4.98 Å². The van der Waals surface area contributed by atoms with E-state index >= 15 is 0 Å². The van der Waals surface area contributed by atoms with Gasteiger partial charge >= 0.3 is 5.97 Å². The summed E-state index contributed by atoms with van der Waals surface area (Å²) in [5.41, 5.74) is 0.936. The Morgan fingerprint density at radius 3 is 2.63 bits per heavy atom.